The normalized spacial score (nSPS) is 14.6. The Bertz CT molecular complexity index is 1070. The van der Waals surface area contributed by atoms with Gasteiger partial charge in [-0.2, -0.15) is 0 Å². The number of nitrogens with zero attached hydrogens (tertiary/aromatic N) is 2. The minimum Gasteiger partial charge on any atom is -0.399 e. The highest BCUT2D eigenvalue weighted by molar-refractivity contribution is 6.03. The van der Waals surface area contributed by atoms with Gasteiger partial charge in [0.25, 0.3) is 11.8 Å². The van der Waals surface area contributed by atoms with Crippen LogP contribution in [0.15, 0.2) is 48.5 Å². The summed E-state index contributed by atoms with van der Waals surface area (Å²) >= 11 is 0. The molecule has 1 aliphatic heterocycles. The lowest BCUT2D eigenvalue weighted by atomic mass is 10.0. The molecule has 7 heteroatoms. The van der Waals surface area contributed by atoms with Crippen LogP contribution in [0.3, 0.4) is 0 Å². The van der Waals surface area contributed by atoms with Gasteiger partial charge < -0.3 is 21.1 Å². The maximum Gasteiger partial charge on any atom is 0.253 e. The van der Waals surface area contributed by atoms with Gasteiger partial charge in [-0.1, -0.05) is 12.1 Å². The molecule has 0 saturated carbocycles. The Balaban J connectivity index is 1.68. The molecule has 29 heavy (non-hydrogen) atoms. The van der Waals surface area contributed by atoms with E-state index in [1.165, 1.54) is 0 Å². The van der Waals surface area contributed by atoms with Crippen LogP contribution in [0.5, 0.6) is 0 Å². The Morgan fingerprint density at radius 2 is 1.79 bits per heavy atom. The fraction of sp³-hybridized carbons (Fsp3) is 0.227. The zero-order chi connectivity index (χ0) is 20.4. The number of carbonyl (C=O) groups excluding carboxylic acids is 2. The number of hydrogen-bond donors (Lipinski definition) is 2. The zero-order valence-corrected chi connectivity index (χ0v) is 15.9. The van der Waals surface area contributed by atoms with Crippen LogP contribution in [0, 0.1) is 0 Å². The molecule has 148 valence electrons. The highest BCUT2D eigenvalue weighted by atomic mass is 16.5. The van der Waals surface area contributed by atoms with Gasteiger partial charge in [0.05, 0.1) is 23.4 Å². The fourth-order valence-corrected chi connectivity index (χ4v) is 3.51. The van der Waals surface area contributed by atoms with E-state index in [1.807, 2.05) is 0 Å². The van der Waals surface area contributed by atoms with Crippen LogP contribution in [-0.2, 0) is 4.74 Å². The van der Waals surface area contributed by atoms with E-state index < -0.39 is 5.91 Å². The first-order valence-corrected chi connectivity index (χ1v) is 9.50. The van der Waals surface area contributed by atoms with E-state index >= 15 is 0 Å². The lowest BCUT2D eigenvalue weighted by molar-refractivity contribution is 0.0741. The Labute approximate surface area is 168 Å². The maximum atomic E-state index is 12.8. The number of nitrogens with two attached hydrogens (primary N) is 2. The molecule has 2 aromatic carbocycles. The number of benzene rings is 2. The molecule has 1 aliphatic rings. The molecule has 0 bridgehead atoms. The lowest BCUT2D eigenvalue weighted by Gasteiger charge is -2.19. The van der Waals surface area contributed by atoms with E-state index in [-0.39, 0.29) is 5.91 Å². The highest BCUT2D eigenvalue weighted by Gasteiger charge is 2.19. The minimum absolute atomic E-state index is 0.0286. The summed E-state index contributed by atoms with van der Waals surface area (Å²) in [6.45, 7) is 2.50. The van der Waals surface area contributed by atoms with Gasteiger partial charge in [0.1, 0.15) is 0 Å². The summed E-state index contributed by atoms with van der Waals surface area (Å²) in [5.74, 6) is -0.597. The largest absolute Gasteiger partial charge is 0.399 e. The summed E-state index contributed by atoms with van der Waals surface area (Å²) in [4.78, 5) is 31.2. The van der Waals surface area contributed by atoms with Gasteiger partial charge in [0.2, 0.25) is 0 Å². The predicted octanol–water partition coefficient (Wildman–Crippen LogP) is 2.45. The molecule has 1 aromatic heterocycles. The topological polar surface area (TPSA) is 112 Å². The number of carbonyl (C=O) groups is 2. The van der Waals surface area contributed by atoms with Gasteiger partial charge in [-0.15, -0.1) is 0 Å². The molecule has 2 amide bonds. The molecule has 7 nitrogen and oxygen atoms in total. The first-order chi connectivity index (χ1) is 14.0. The van der Waals surface area contributed by atoms with Crippen LogP contribution in [0.1, 0.15) is 27.1 Å². The van der Waals surface area contributed by atoms with Crippen molar-refractivity contribution >= 4 is 28.4 Å². The molecule has 4 N–H and O–H groups in total. The Morgan fingerprint density at radius 1 is 1.00 bits per heavy atom. The number of rotatable bonds is 3. The Hall–Kier alpha value is -3.45. The molecule has 4 rings (SSSR count). The molecule has 0 spiro atoms. The average Bonchev–Trinajstić information content (AvgIpc) is 3.02. The quantitative estimate of drug-likeness (QED) is 0.667. The molecule has 0 unspecified atom stereocenters. The van der Waals surface area contributed by atoms with Crippen LogP contribution < -0.4 is 11.5 Å². The molecular formula is C22H22N4O3. The van der Waals surface area contributed by atoms with Gasteiger partial charge in [-0.3, -0.25) is 9.59 Å². The van der Waals surface area contributed by atoms with Crippen LogP contribution >= 0.6 is 0 Å². The molecule has 0 radical (unpaired) electrons. The number of anilines is 1. The van der Waals surface area contributed by atoms with Crippen molar-refractivity contribution in [3.05, 3.63) is 59.7 Å². The maximum absolute atomic E-state index is 12.8. The van der Waals surface area contributed by atoms with E-state index in [4.69, 9.17) is 16.2 Å². The Morgan fingerprint density at radius 3 is 2.55 bits per heavy atom. The van der Waals surface area contributed by atoms with Gasteiger partial charge in [0.15, 0.2) is 0 Å². The van der Waals surface area contributed by atoms with E-state index in [0.29, 0.717) is 59.9 Å². The molecule has 1 fully saturated rings. The van der Waals surface area contributed by atoms with Crippen molar-refractivity contribution in [2.75, 3.05) is 32.0 Å². The summed E-state index contributed by atoms with van der Waals surface area (Å²) in [7, 11) is 0. The third-order valence-electron chi connectivity index (χ3n) is 5.02. The predicted molar refractivity (Wildman–Crippen MR) is 111 cm³/mol. The summed E-state index contributed by atoms with van der Waals surface area (Å²) in [6.07, 6.45) is 0.831. The van der Waals surface area contributed by atoms with Crippen LogP contribution in [0.2, 0.25) is 0 Å². The number of pyridine rings is 1. The van der Waals surface area contributed by atoms with Crippen LogP contribution in [-0.4, -0.2) is 48.0 Å². The van der Waals surface area contributed by atoms with Crippen molar-refractivity contribution in [2.45, 2.75) is 6.42 Å². The second-order valence-corrected chi connectivity index (χ2v) is 7.04. The summed E-state index contributed by atoms with van der Waals surface area (Å²) in [5.41, 5.74) is 14.8. The van der Waals surface area contributed by atoms with E-state index in [9.17, 15) is 9.59 Å². The smallest absolute Gasteiger partial charge is 0.253 e. The average molecular weight is 390 g/mol. The number of ether oxygens (including phenoxy) is 1. The fourth-order valence-electron chi connectivity index (χ4n) is 3.51. The zero-order valence-electron chi connectivity index (χ0n) is 15.9. The summed E-state index contributed by atoms with van der Waals surface area (Å²) < 4.78 is 5.41. The third-order valence-corrected chi connectivity index (χ3v) is 5.02. The van der Waals surface area contributed by atoms with E-state index in [0.717, 1.165) is 11.8 Å². The molecule has 2 heterocycles. The van der Waals surface area contributed by atoms with Crippen molar-refractivity contribution in [2.24, 2.45) is 5.73 Å². The Kier molecular flexibility index (Phi) is 5.14. The van der Waals surface area contributed by atoms with E-state index in [2.05, 4.69) is 4.98 Å². The van der Waals surface area contributed by atoms with Gasteiger partial charge >= 0.3 is 0 Å². The van der Waals surface area contributed by atoms with Gasteiger partial charge in [-0.25, -0.2) is 4.98 Å². The van der Waals surface area contributed by atoms with Gasteiger partial charge in [-0.05, 0) is 42.8 Å². The van der Waals surface area contributed by atoms with Crippen molar-refractivity contribution < 1.29 is 14.3 Å². The number of primary amides is 1. The lowest BCUT2D eigenvalue weighted by Crippen LogP contribution is -2.33. The first-order valence-electron chi connectivity index (χ1n) is 9.50. The number of nitrogen functional groups attached to an aromatic ring is 1. The van der Waals surface area contributed by atoms with Crippen molar-refractivity contribution in [3.8, 4) is 11.3 Å². The van der Waals surface area contributed by atoms with Crippen LogP contribution in [0.4, 0.5) is 5.69 Å². The van der Waals surface area contributed by atoms with Crippen molar-refractivity contribution in [1.82, 2.24) is 9.88 Å². The van der Waals surface area contributed by atoms with Crippen LogP contribution in [0.25, 0.3) is 22.2 Å². The number of hydrogen-bond acceptors (Lipinski definition) is 5. The summed E-state index contributed by atoms with van der Waals surface area (Å²) in [5, 5.41) is 0.748. The molecule has 0 aliphatic carbocycles. The molecule has 1 saturated heterocycles. The molecular weight excluding hydrogens is 368 g/mol. The summed E-state index contributed by atoms with van der Waals surface area (Å²) in [6, 6.07) is 14.1. The first kappa shape index (κ1) is 18.9. The highest BCUT2D eigenvalue weighted by Crippen LogP contribution is 2.27. The second kappa shape index (κ2) is 7.89. The number of aromatic nitrogens is 1. The third kappa shape index (κ3) is 3.90. The monoisotopic (exact) mass is 390 g/mol. The van der Waals surface area contributed by atoms with Crippen molar-refractivity contribution in [1.29, 1.82) is 0 Å². The SMILES string of the molecule is NC(=O)c1cc2cc(N)ccc2nc1-c1ccc(C(=O)N2CCCOCC2)cc1. The molecule has 3 aromatic rings. The molecule has 0 atom stereocenters. The number of fused-ring (bicyclic) bond motifs is 1. The minimum atomic E-state index is -0.568. The van der Waals surface area contributed by atoms with Crippen molar-refractivity contribution in [3.63, 3.8) is 0 Å². The number of amides is 2. The standard InChI is InChI=1S/C22H22N4O3/c23-17-6-7-19-16(12-17)13-18(21(24)27)20(25-19)14-2-4-15(5-3-14)22(28)26-8-1-10-29-11-9-26/h2-7,12-13H,1,8-11,23H2,(H2,24,27). The second-order valence-electron chi connectivity index (χ2n) is 7.04. The van der Waals surface area contributed by atoms with Gasteiger partial charge in [0, 0.05) is 41.9 Å². The van der Waals surface area contributed by atoms with E-state index in [1.54, 1.807) is 53.4 Å².